The van der Waals surface area contributed by atoms with Crippen molar-refractivity contribution in [3.63, 3.8) is 0 Å². The topological polar surface area (TPSA) is 73.1 Å². The van der Waals surface area contributed by atoms with Gasteiger partial charge in [0.05, 0.1) is 35.9 Å². The third-order valence-electron chi connectivity index (χ3n) is 3.79. The summed E-state index contributed by atoms with van der Waals surface area (Å²) in [7, 11) is 1.61. The first kappa shape index (κ1) is 14.0. The molecule has 6 nitrogen and oxygen atoms in total. The highest BCUT2D eigenvalue weighted by atomic mass is 16.5. The van der Waals surface area contributed by atoms with Crippen molar-refractivity contribution in [3.8, 4) is 17.1 Å². The SMILES string of the molecule is CCn1nc(-c2c(OC)ncnc2C2CC2)cc1C(C)O. The molecule has 6 heteroatoms. The average molecular weight is 288 g/mol. The van der Waals surface area contributed by atoms with Crippen molar-refractivity contribution >= 4 is 0 Å². The Morgan fingerprint density at radius 3 is 2.71 bits per heavy atom. The van der Waals surface area contributed by atoms with Crippen molar-refractivity contribution in [2.24, 2.45) is 0 Å². The number of hydrogen-bond acceptors (Lipinski definition) is 5. The largest absolute Gasteiger partial charge is 0.480 e. The minimum Gasteiger partial charge on any atom is -0.480 e. The molecule has 2 heterocycles. The summed E-state index contributed by atoms with van der Waals surface area (Å²) in [5.41, 5.74) is 3.42. The lowest BCUT2D eigenvalue weighted by Gasteiger charge is -2.09. The summed E-state index contributed by atoms with van der Waals surface area (Å²) in [5.74, 6) is 1.02. The van der Waals surface area contributed by atoms with E-state index in [2.05, 4.69) is 15.1 Å². The van der Waals surface area contributed by atoms with Crippen LogP contribution in [0.5, 0.6) is 5.88 Å². The molecule has 2 aromatic heterocycles. The van der Waals surface area contributed by atoms with Gasteiger partial charge in [-0.3, -0.25) is 4.68 Å². The van der Waals surface area contributed by atoms with Crippen LogP contribution in [0.15, 0.2) is 12.4 Å². The van der Waals surface area contributed by atoms with Gasteiger partial charge in [-0.2, -0.15) is 5.10 Å². The molecule has 2 aromatic rings. The van der Waals surface area contributed by atoms with E-state index in [0.717, 1.165) is 35.5 Å². The first-order valence-corrected chi connectivity index (χ1v) is 7.30. The highest BCUT2D eigenvalue weighted by Gasteiger charge is 2.31. The number of aromatic nitrogens is 4. The number of rotatable bonds is 5. The van der Waals surface area contributed by atoms with Crippen LogP contribution in [0.25, 0.3) is 11.3 Å². The normalized spacial score (nSPS) is 16.0. The van der Waals surface area contributed by atoms with E-state index < -0.39 is 6.10 Å². The van der Waals surface area contributed by atoms with Gasteiger partial charge in [0.1, 0.15) is 6.33 Å². The summed E-state index contributed by atoms with van der Waals surface area (Å²) in [6, 6.07) is 1.90. The molecule has 0 spiro atoms. The molecule has 0 aromatic carbocycles. The zero-order valence-corrected chi connectivity index (χ0v) is 12.6. The van der Waals surface area contributed by atoms with Crippen LogP contribution in [-0.2, 0) is 6.54 Å². The standard InChI is InChI=1S/C15H20N4O2/c1-4-19-12(9(2)20)7-11(18-19)13-14(10-5-6-10)16-8-17-15(13)21-3/h7-10,20H,4-6H2,1-3H3. The van der Waals surface area contributed by atoms with Gasteiger partial charge in [-0.1, -0.05) is 0 Å². The first-order valence-electron chi connectivity index (χ1n) is 7.30. The number of hydrogen-bond donors (Lipinski definition) is 1. The number of aliphatic hydroxyl groups is 1. The van der Waals surface area contributed by atoms with Crippen molar-refractivity contribution in [3.05, 3.63) is 23.8 Å². The Hall–Kier alpha value is -1.95. The van der Waals surface area contributed by atoms with Crippen LogP contribution in [0.4, 0.5) is 0 Å². The molecule has 0 aliphatic heterocycles. The predicted molar refractivity (Wildman–Crippen MR) is 78.1 cm³/mol. The fourth-order valence-corrected chi connectivity index (χ4v) is 2.59. The quantitative estimate of drug-likeness (QED) is 0.914. The lowest BCUT2D eigenvalue weighted by atomic mass is 10.1. The second-order valence-electron chi connectivity index (χ2n) is 5.36. The molecule has 1 fully saturated rings. The number of aliphatic hydroxyl groups excluding tert-OH is 1. The summed E-state index contributed by atoms with van der Waals surface area (Å²) < 4.78 is 7.21. The van der Waals surface area contributed by atoms with E-state index >= 15 is 0 Å². The smallest absolute Gasteiger partial charge is 0.226 e. The van der Waals surface area contributed by atoms with Crippen LogP contribution in [0, 0.1) is 0 Å². The van der Waals surface area contributed by atoms with Crippen molar-refractivity contribution in [2.45, 2.75) is 45.3 Å². The van der Waals surface area contributed by atoms with E-state index in [9.17, 15) is 5.11 Å². The highest BCUT2D eigenvalue weighted by molar-refractivity contribution is 5.69. The van der Waals surface area contributed by atoms with Gasteiger partial charge in [0.15, 0.2) is 0 Å². The molecule has 0 bridgehead atoms. The van der Waals surface area contributed by atoms with E-state index in [-0.39, 0.29) is 0 Å². The molecule has 112 valence electrons. The molecule has 1 aliphatic carbocycles. The Balaban J connectivity index is 2.15. The van der Waals surface area contributed by atoms with Crippen LogP contribution in [0.1, 0.15) is 50.1 Å². The Morgan fingerprint density at radius 1 is 1.43 bits per heavy atom. The number of nitrogens with zero attached hydrogens (tertiary/aromatic N) is 4. The maximum absolute atomic E-state index is 9.89. The second kappa shape index (κ2) is 5.44. The van der Waals surface area contributed by atoms with Gasteiger partial charge in [0, 0.05) is 12.5 Å². The minimum atomic E-state index is -0.564. The summed E-state index contributed by atoms with van der Waals surface area (Å²) in [6.07, 6.45) is 3.27. The molecule has 0 saturated heterocycles. The molecular formula is C15H20N4O2. The van der Waals surface area contributed by atoms with Crippen LogP contribution >= 0.6 is 0 Å². The Labute approximate surface area is 123 Å². The number of aryl methyl sites for hydroxylation is 1. The highest BCUT2D eigenvalue weighted by Crippen LogP contribution is 2.45. The summed E-state index contributed by atoms with van der Waals surface area (Å²) in [4.78, 5) is 8.64. The molecule has 1 atom stereocenters. The van der Waals surface area contributed by atoms with Crippen molar-refractivity contribution < 1.29 is 9.84 Å². The van der Waals surface area contributed by atoms with Crippen LogP contribution in [0.2, 0.25) is 0 Å². The van der Waals surface area contributed by atoms with E-state index in [4.69, 9.17) is 4.74 Å². The molecule has 1 aliphatic rings. The molecule has 0 amide bonds. The first-order chi connectivity index (χ1) is 10.2. The molecule has 1 saturated carbocycles. The summed E-state index contributed by atoms with van der Waals surface area (Å²) >= 11 is 0. The van der Waals surface area contributed by atoms with Crippen LogP contribution in [0.3, 0.4) is 0 Å². The number of ether oxygens (including phenoxy) is 1. The van der Waals surface area contributed by atoms with Gasteiger partial charge >= 0.3 is 0 Å². The molecule has 1 unspecified atom stereocenters. The zero-order valence-electron chi connectivity index (χ0n) is 12.6. The van der Waals surface area contributed by atoms with Crippen molar-refractivity contribution in [2.75, 3.05) is 7.11 Å². The summed E-state index contributed by atoms with van der Waals surface area (Å²) in [5, 5.41) is 14.5. The van der Waals surface area contributed by atoms with Crippen molar-refractivity contribution in [1.82, 2.24) is 19.7 Å². The van der Waals surface area contributed by atoms with E-state index in [1.807, 2.05) is 17.7 Å². The minimum absolute atomic E-state index is 0.471. The molecular weight excluding hydrogens is 268 g/mol. The van der Waals surface area contributed by atoms with Gasteiger partial charge in [-0.15, -0.1) is 0 Å². The average Bonchev–Trinajstić information content (AvgIpc) is 3.24. The van der Waals surface area contributed by atoms with Crippen LogP contribution < -0.4 is 4.74 Å². The Kier molecular flexibility index (Phi) is 3.63. The van der Waals surface area contributed by atoms with E-state index in [0.29, 0.717) is 18.3 Å². The number of methoxy groups -OCH3 is 1. The van der Waals surface area contributed by atoms with E-state index in [1.54, 1.807) is 20.4 Å². The fourth-order valence-electron chi connectivity index (χ4n) is 2.59. The van der Waals surface area contributed by atoms with Gasteiger partial charge in [0.2, 0.25) is 5.88 Å². The van der Waals surface area contributed by atoms with Crippen LogP contribution in [-0.4, -0.2) is 32.0 Å². The lowest BCUT2D eigenvalue weighted by molar-refractivity contribution is 0.187. The predicted octanol–water partition coefficient (Wildman–Crippen LogP) is 2.30. The molecule has 0 radical (unpaired) electrons. The fraction of sp³-hybridized carbons (Fsp3) is 0.533. The monoisotopic (exact) mass is 288 g/mol. The van der Waals surface area contributed by atoms with Crippen molar-refractivity contribution in [1.29, 1.82) is 0 Å². The molecule has 1 N–H and O–H groups in total. The maximum Gasteiger partial charge on any atom is 0.226 e. The van der Waals surface area contributed by atoms with E-state index in [1.165, 1.54) is 0 Å². The second-order valence-corrected chi connectivity index (χ2v) is 5.36. The third kappa shape index (κ3) is 2.51. The molecule has 3 rings (SSSR count). The van der Waals surface area contributed by atoms with Gasteiger partial charge < -0.3 is 9.84 Å². The lowest BCUT2D eigenvalue weighted by Crippen LogP contribution is -2.05. The Bertz CT molecular complexity index is 647. The maximum atomic E-state index is 9.89. The summed E-state index contributed by atoms with van der Waals surface area (Å²) in [6.45, 7) is 4.45. The van der Waals surface area contributed by atoms with Gasteiger partial charge in [-0.05, 0) is 32.8 Å². The molecule has 21 heavy (non-hydrogen) atoms. The van der Waals surface area contributed by atoms with Gasteiger partial charge in [0.25, 0.3) is 0 Å². The zero-order chi connectivity index (χ0) is 15.0. The third-order valence-corrected chi connectivity index (χ3v) is 3.79. The Morgan fingerprint density at radius 2 is 2.19 bits per heavy atom. The van der Waals surface area contributed by atoms with Gasteiger partial charge in [-0.25, -0.2) is 9.97 Å².